The Kier molecular flexibility index (Phi) is 7.66. The molecule has 0 saturated carbocycles. The van der Waals surface area contributed by atoms with E-state index < -0.39 is 5.91 Å². The first kappa shape index (κ1) is 21.1. The molecule has 0 bridgehead atoms. The number of rotatable bonds is 8. The molecule has 2 aromatic rings. The third kappa shape index (κ3) is 5.38. The molecule has 0 aliphatic heterocycles. The van der Waals surface area contributed by atoms with Crippen LogP contribution in [0.5, 0.6) is 17.2 Å². The molecule has 0 radical (unpaired) electrons. The number of carbonyl (C=O) groups excluding carboxylic acids is 1. The highest BCUT2D eigenvalue weighted by molar-refractivity contribution is 9.10. The van der Waals surface area contributed by atoms with Crippen LogP contribution in [-0.4, -0.2) is 26.7 Å². The van der Waals surface area contributed by atoms with Gasteiger partial charge >= 0.3 is 0 Å². The number of anilines is 1. The maximum Gasteiger partial charge on any atom is 0.266 e. The average Bonchev–Trinajstić information content (AvgIpc) is 2.71. The van der Waals surface area contributed by atoms with Crippen LogP contribution in [0.4, 0.5) is 5.69 Å². The molecule has 0 atom stereocenters. The second kappa shape index (κ2) is 10.2. The predicted octanol–water partition coefficient (Wildman–Crippen LogP) is 4.58. The van der Waals surface area contributed by atoms with Crippen LogP contribution < -0.4 is 19.5 Å². The summed E-state index contributed by atoms with van der Waals surface area (Å²) < 4.78 is 16.6. The third-order valence-electron chi connectivity index (χ3n) is 3.62. The number of ether oxygens (including phenoxy) is 3. The summed E-state index contributed by atoms with van der Waals surface area (Å²) in [7, 11) is 3.07. The van der Waals surface area contributed by atoms with Crippen molar-refractivity contribution >= 4 is 33.6 Å². The Bertz CT molecular complexity index is 931. The average molecular weight is 443 g/mol. The van der Waals surface area contributed by atoms with Gasteiger partial charge in [0, 0.05) is 5.69 Å². The summed E-state index contributed by atoms with van der Waals surface area (Å²) in [5.41, 5.74) is 1.11. The molecule has 6 nitrogen and oxygen atoms in total. The van der Waals surface area contributed by atoms with E-state index in [1.807, 2.05) is 6.07 Å². The quantitative estimate of drug-likeness (QED) is 0.367. The molecule has 28 heavy (non-hydrogen) atoms. The van der Waals surface area contributed by atoms with Crippen molar-refractivity contribution in [3.63, 3.8) is 0 Å². The molecule has 1 N–H and O–H groups in total. The Morgan fingerprint density at radius 3 is 2.54 bits per heavy atom. The SMILES string of the molecule is C=CCOc1c(Br)cc(/C=C(/C#N)C(=O)Nc2ccc(OC)cc2)cc1OC. The highest BCUT2D eigenvalue weighted by Crippen LogP contribution is 2.37. The lowest BCUT2D eigenvalue weighted by Crippen LogP contribution is -2.13. The van der Waals surface area contributed by atoms with Crippen LogP contribution in [0.3, 0.4) is 0 Å². The lowest BCUT2D eigenvalue weighted by Gasteiger charge is -2.12. The molecule has 0 spiro atoms. The van der Waals surface area contributed by atoms with Crippen LogP contribution in [0, 0.1) is 11.3 Å². The Balaban J connectivity index is 2.27. The minimum atomic E-state index is -0.519. The lowest BCUT2D eigenvalue weighted by molar-refractivity contribution is -0.112. The first-order valence-electron chi connectivity index (χ1n) is 8.20. The number of halogens is 1. The molecule has 144 valence electrons. The van der Waals surface area contributed by atoms with Gasteiger partial charge in [-0.15, -0.1) is 0 Å². The van der Waals surface area contributed by atoms with Crippen molar-refractivity contribution in [1.82, 2.24) is 0 Å². The largest absolute Gasteiger partial charge is 0.497 e. The van der Waals surface area contributed by atoms with Crippen LogP contribution in [0.25, 0.3) is 6.08 Å². The zero-order valence-electron chi connectivity index (χ0n) is 15.5. The fourth-order valence-electron chi connectivity index (χ4n) is 2.29. The van der Waals surface area contributed by atoms with Crippen LogP contribution in [0.15, 0.2) is 59.1 Å². The summed E-state index contributed by atoms with van der Waals surface area (Å²) in [5.74, 6) is 1.13. The zero-order chi connectivity index (χ0) is 20.5. The Morgan fingerprint density at radius 2 is 1.96 bits per heavy atom. The van der Waals surface area contributed by atoms with Crippen molar-refractivity contribution in [2.24, 2.45) is 0 Å². The van der Waals surface area contributed by atoms with E-state index in [-0.39, 0.29) is 5.57 Å². The number of amides is 1. The van der Waals surface area contributed by atoms with E-state index in [1.54, 1.807) is 49.6 Å². The number of nitrogens with one attached hydrogen (secondary N) is 1. The van der Waals surface area contributed by atoms with Crippen molar-refractivity contribution in [2.75, 3.05) is 26.1 Å². The number of methoxy groups -OCH3 is 2. The second-order valence-corrected chi connectivity index (χ2v) is 6.34. The van der Waals surface area contributed by atoms with E-state index in [0.717, 1.165) is 0 Å². The number of nitriles is 1. The fraction of sp³-hybridized carbons (Fsp3) is 0.143. The topological polar surface area (TPSA) is 80.6 Å². The molecule has 2 rings (SSSR count). The molecule has 0 fully saturated rings. The normalized spacial score (nSPS) is 10.6. The van der Waals surface area contributed by atoms with Crippen LogP contribution in [0.1, 0.15) is 5.56 Å². The molecule has 0 aliphatic carbocycles. The Labute approximate surface area is 172 Å². The molecule has 0 aromatic heterocycles. The predicted molar refractivity (Wildman–Crippen MR) is 112 cm³/mol. The van der Waals surface area contributed by atoms with Gasteiger partial charge in [0.2, 0.25) is 0 Å². The van der Waals surface area contributed by atoms with Crippen molar-refractivity contribution in [2.45, 2.75) is 0 Å². The van der Waals surface area contributed by atoms with Gasteiger partial charge in [-0.05, 0) is 64.0 Å². The maximum atomic E-state index is 12.4. The van der Waals surface area contributed by atoms with Gasteiger partial charge in [-0.25, -0.2) is 0 Å². The van der Waals surface area contributed by atoms with E-state index in [0.29, 0.717) is 39.6 Å². The second-order valence-electron chi connectivity index (χ2n) is 5.49. The number of nitrogens with zero attached hydrogens (tertiary/aromatic N) is 1. The molecular weight excluding hydrogens is 424 g/mol. The first-order chi connectivity index (χ1) is 13.5. The van der Waals surface area contributed by atoms with E-state index in [4.69, 9.17) is 14.2 Å². The highest BCUT2D eigenvalue weighted by Gasteiger charge is 2.14. The fourth-order valence-corrected chi connectivity index (χ4v) is 2.87. The van der Waals surface area contributed by atoms with Crippen molar-refractivity contribution in [3.05, 3.63) is 64.7 Å². The van der Waals surface area contributed by atoms with Gasteiger partial charge in [-0.2, -0.15) is 5.26 Å². The van der Waals surface area contributed by atoms with Crippen LogP contribution in [-0.2, 0) is 4.79 Å². The van der Waals surface area contributed by atoms with E-state index in [2.05, 4.69) is 27.8 Å². The molecule has 1 amide bonds. The molecule has 2 aromatic carbocycles. The highest BCUT2D eigenvalue weighted by atomic mass is 79.9. The summed E-state index contributed by atoms with van der Waals surface area (Å²) in [6.45, 7) is 3.93. The number of benzene rings is 2. The van der Waals surface area contributed by atoms with Gasteiger partial charge < -0.3 is 19.5 Å². The van der Waals surface area contributed by atoms with Gasteiger partial charge in [0.15, 0.2) is 11.5 Å². The summed E-state index contributed by atoms with van der Waals surface area (Å²) >= 11 is 3.42. The van der Waals surface area contributed by atoms with Gasteiger partial charge in [-0.3, -0.25) is 4.79 Å². The molecule has 0 heterocycles. The summed E-state index contributed by atoms with van der Waals surface area (Å²) in [5, 5.41) is 12.1. The molecular formula is C21H19BrN2O4. The first-order valence-corrected chi connectivity index (χ1v) is 9.00. The number of carbonyl (C=O) groups is 1. The zero-order valence-corrected chi connectivity index (χ0v) is 17.1. The molecule has 0 unspecified atom stereocenters. The van der Waals surface area contributed by atoms with E-state index >= 15 is 0 Å². The van der Waals surface area contributed by atoms with E-state index in [9.17, 15) is 10.1 Å². The smallest absolute Gasteiger partial charge is 0.266 e. The van der Waals surface area contributed by atoms with Crippen molar-refractivity contribution in [3.8, 4) is 23.3 Å². The maximum absolute atomic E-state index is 12.4. The molecule has 7 heteroatoms. The summed E-state index contributed by atoms with van der Waals surface area (Å²) in [6.07, 6.45) is 3.10. The van der Waals surface area contributed by atoms with Crippen molar-refractivity contribution in [1.29, 1.82) is 5.26 Å². The summed E-state index contributed by atoms with van der Waals surface area (Å²) in [6, 6.07) is 12.2. The number of hydrogen-bond donors (Lipinski definition) is 1. The van der Waals surface area contributed by atoms with Gasteiger partial charge in [0.1, 0.15) is 24.0 Å². The van der Waals surface area contributed by atoms with Crippen LogP contribution >= 0.6 is 15.9 Å². The third-order valence-corrected chi connectivity index (χ3v) is 4.21. The van der Waals surface area contributed by atoms with Gasteiger partial charge in [-0.1, -0.05) is 12.7 Å². The van der Waals surface area contributed by atoms with Gasteiger partial charge in [0.05, 0.1) is 18.7 Å². The lowest BCUT2D eigenvalue weighted by atomic mass is 10.1. The van der Waals surface area contributed by atoms with Crippen LogP contribution in [0.2, 0.25) is 0 Å². The Hall–Kier alpha value is -3.24. The minimum Gasteiger partial charge on any atom is -0.497 e. The Morgan fingerprint density at radius 1 is 1.25 bits per heavy atom. The monoisotopic (exact) mass is 442 g/mol. The molecule has 0 saturated heterocycles. The summed E-state index contributed by atoms with van der Waals surface area (Å²) in [4.78, 5) is 12.4. The van der Waals surface area contributed by atoms with E-state index in [1.165, 1.54) is 13.2 Å². The minimum absolute atomic E-state index is 0.0514. The van der Waals surface area contributed by atoms with Crippen molar-refractivity contribution < 1.29 is 19.0 Å². The molecule has 0 aliphatic rings. The standard InChI is InChI=1S/C21H19BrN2O4/c1-4-9-28-20-18(22)11-14(12-19(20)27-3)10-15(13-23)21(25)24-16-5-7-17(26-2)8-6-16/h4-8,10-12H,1,9H2,2-3H3,(H,24,25)/b15-10-. The number of hydrogen-bond acceptors (Lipinski definition) is 5. The van der Waals surface area contributed by atoms with Gasteiger partial charge in [0.25, 0.3) is 5.91 Å².